The maximum absolute atomic E-state index is 12.7. The molecule has 1 N–H and O–H groups in total. The Hall–Kier alpha value is -2.88. The number of hydrogen-bond donors (Lipinski definition) is 1. The van der Waals surface area contributed by atoms with Gasteiger partial charge in [-0.25, -0.2) is 8.42 Å². The number of nitrogens with zero attached hydrogens (tertiary/aromatic N) is 2. The van der Waals surface area contributed by atoms with Crippen molar-refractivity contribution in [3.05, 3.63) is 60.3 Å². The van der Waals surface area contributed by atoms with E-state index in [1.165, 1.54) is 4.31 Å². The molecule has 1 aliphatic rings. The molecule has 8 nitrogen and oxygen atoms in total. The van der Waals surface area contributed by atoms with Gasteiger partial charge in [0.1, 0.15) is 12.3 Å². The van der Waals surface area contributed by atoms with Crippen molar-refractivity contribution >= 4 is 26.8 Å². The molecule has 0 radical (unpaired) electrons. The monoisotopic (exact) mass is 443 g/mol. The number of carbonyl (C=O) groups is 1. The summed E-state index contributed by atoms with van der Waals surface area (Å²) in [7, 11) is -1.90. The van der Waals surface area contributed by atoms with Crippen LogP contribution in [0.4, 0.5) is 0 Å². The molecule has 0 aliphatic carbocycles. The number of hydrogen-bond acceptors (Lipinski definition) is 5. The van der Waals surface area contributed by atoms with Crippen LogP contribution < -0.4 is 10.1 Å². The lowest BCUT2D eigenvalue weighted by atomic mass is 10.2. The smallest absolute Gasteiger partial charge is 0.243 e. The van der Waals surface area contributed by atoms with Crippen LogP contribution in [0.5, 0.6) is 5.75 Å². The van der Waals surface area contributed by atoms with E-state index in [1.54, 1.807) is 31.4 Å². The fourth-order valence-corrected chi connectivity index (χ4v) is 4.98. The number of methoxy groups -OCH3 is 1. The molecule has 9 heteroatoms. The number of aromatic nitrogens is 1. The van der Waals surface area contributed by atoms with Gasteiger partial charge >= 0.3 is 0 Å². The molecule has 0 bridgehead atoms. The molecule has 4 rings (SSSR count). The number of morpholine rings is 1. The Morgan fingerprint density at radius 1 is 1.10 bits per heavy atom. The predicted octanol–water partition coefficient (Wildman–Crippen LogP) is 1.99. The van der Waals surface area contributed by atoms with Crippen LogP contribution in [0, 0.1) is 0 Å². The van der Waals surface area contributed by atoms with Gasteiger partial charge in [-0.15, -0.1) is 0 Å². The minimum absolute atomic E-state index is 0.127. The van der Waals surface area contributed by atoms with Gasteiger partial charge in [-0.1, -0.05) is 12.1 Å². The summed E-state index contributed by atoms with van der Waals surface area (Å²) in [6, 6.07) is 14.3. The van der Waals surface area contributed by atoms with Crippen molar-refractivity contribution < 1.29 is 22.7 Å². The van der Waals surface area contributed by atoms with Crippen molar-refractivity contribution in [1.29, 1.82) is 0 Å². The Morgan fingerprint density at radius 2 is 1.84 bits per heavy atom. The lowest BCUT2D eigenvalue weighted by Crippen LogP contribution is -2.40. The molecule has 0 atom stereocenters. The first kappa shape index (κ1) is 21.4. The van der Waals surface area contributed by atoms with Gasteiger partial charge in [0.2, 0.25) is 15.9 Å². The number of rotatable bonds is 7. The molecule has 2 aromatic carbocycles. The molecule has 2 heterocycles. The van der Waals surface area contributed by atoms with Gasteiger partial charge in [-0.2, -0.15) is 4.31 Å². The highest BCUT2D eigenvalue weighted by Crippen LogP contribution is 2.22. The van der Waals surface area contributed by atoms with Crippen LogP contribution in [0.25, 0.3) is 10.9 Å². The van der Waals surface area contributed by atoms with E-state index in [2.05, 4.69) is 5.32 Å². The quantitative estimate of drug-likeness (QED) is 0.603. The number of fused-ring (bicyclic) bond motifs is 1. The molecule has 164 valence electrons. The summed E-state index contributed by atoms with van der Waals surface area (Å²) in [5.41, 5.74) is 1.78. The average Bonchev–Trinajstić information content (AvgIpc) is 3.20. The second kappa shape index (κ2) is 9.09. The maximum Gasteiger partial charge on any atom is 0.243 e. The molecular weight excluding hydrogens is 418 g/mol. The Bertz CT molecular complexity index is 1170. The van der Waals surface area contributed by atoms with Crippen LogP contribution in [0.15, 0.2) is 59.6 Å². The Morgan fingerprint density at radius 3 is 2.55 bits per heavy atom. The summed E-state index contributed by atoms with van der Waals surface area (Å²) >= 11 is 0. The standard InChI is InChI=1S/C22H25N3O5S/c1-29-19-4-7-21-18(14-19)8-9-24(21)16-22(26)23-15-17-2-5-20(6-3-17)31(27,28)25-10-12-30-13-11-25/h2-9,14H,10-13,15-16H2,1H3,(H,23,26). The number of amides is 1. The lowest BCUT2D eigenvalue weighted by molar-refractivity contribution is -0.121. The summed E-state index contributed by atoms with van der Waals surface area (Å²) in [5.74, 6) is 0.645. The van der Waals surface area contributed by atoms with Crippen LogP contribution in [-0.4, -0.2) is 56.6 Å². The zero-order valence-corrected chi connectivity index (χ0v) is 18.1. The number of ether oxygens (including phenoxy) is 2. The normalized spacial score (nSPS) is 15.1. The fourth-order valence-electron chi connectivity index (χ4n) is 3.57. The summed E-state index contributed by atoms with van der Waals surface area (Å²) in [5, 5.41) is 3.89. The Balaban J connectivity index is 1.35. The van der Waals surface area contributed by atoms with E-state index in [9.17, 15) is 13.2 Å². The number of carbonyl (C=O) groups excluding carboxylic acids is 1. The number of sulfonamides is 1. The topological polar surface area (TPSA) is 89.9 Å². The van der Waals surface area contributed by atoms with Gasteiger partial charge in [0.15, 0.2) is 0 Å². The molecule has 31 heavy (non-hydrogen) atoms. The molecule has 1 fully saturated rings. The van der Waals surface area contributed by atoms with Crippen molar-refractivity contribution in [2.24, 2.45) is 0 Å². The van der Waals surface area contributed by atoms with Crippen LogP contribution in [0.3, 0.4) is 0 Å². The molecule has 3 aromatic rings. The van der Waals surface area contributed by atoms with Crippen LogP contribution >= 0.6 is 0 Å². The third kappa shape index (κ3) is 4.73. The van der Waals surface area contributed by atoms with Crippen molar-refractivity contribution in [3.63, 3.8) is 0 Å². The lowest BCUT2D eigenvalue weighted by Gasteiger charge is -2.26. The largest absolute Gasteiger partial charge is 0.497 e. The molecule has 1 amide bonds. The van der Waals surface area contributed by atoms with Gasteiger partial charge in [0, 0.05) is 36.7 Å². The third-order valence-corrected chi connectivity index (χ3v) is 7.23. The summed E-state index contributed by atoms with van der Waals surface area (Å²) in [4.78, 5) is 12.7. The van der Waals surface area contributed by atoms with Crippen LogP contribution in [-0.2, 0) is 32.6 Å². The molecule has 0 unspecified atom stereocenters. The van der Waals surface area contributed by atoms with Crippen molar-refractivity contribution in [2.75, 3.05) is 33.4 Å². The second-order valence-corrected chi connectivity index (χ2v) is 9.24. The first-order valence-electron chi connectivity index (χ1n) is 10.0. The minimum Gasteiger partial charge on any atom is -0.497 e. The van der Waals surface area contributed by atoms with Gasteiger partial charge in [0.25, 0.3) is 0 Å². The highest BCUT2D eigenvalue weighted by Gasteiger charge is 2.26. The molecule has 1 aromatic heterocycles. The van der Waals surface area contributed by atoms with Crippen molar-refractivity contribution in [1.82, 2.24) is 14.2 Å². The molecule has 1 saturated heterocycles. The van der Waals surface area contributed by atoms with E-state index in [-0.39, 0.29) is 17.3 Å². The van der Waals surface area contributed by atoms with Gasteiger partial charge in [0.05, 0.1) is 25.2 Å². The number of benzene rings is 2. The van der Waals surface area contributed by atoms with E-state index in [0.29, 0.717) is 32.8 Å². The van der Waals surface area contributed by atoms with Gasteiger partial charge in [-0.3, -0.25) is 4.79 Å². The molecule has 0 spiro atoms. The summed E-state index contributed by atoms with van der Waals surface area (Å²) < 4.78 is 39.1. The molecule has 0 saturated carbocycles. The van der Waals surface area contributed by atoms with Crippen LogP contribution in [0.1, 0.15) is 5.56 Å². The van der Waals surface area contributed by atoms with E-state index < -0.39 is 10.0 Å². The van der Waals surface area contributed by atoms with E-state index in [1.807, 2.05) is 35.0 Å². The highest BCUT2D eigenvalue weighted by atomic mass is 32.2. The zero-order valence-electron chi connectivity index (χ0n) is 17.3. The van der Waals surface area contributed by atoms with Crippen LogP contribution in [0.2, 0.25) is 0 Å². The third-order valence-electron chi connectivity index (χ3n) is 5.31. The molecular formula is C22H25N3O5S. The first-order chi connectivity index (χ1) is 15.0. The Kier molecular flexibility index (Phi) is 6.26. The average molecular weight is 444 g/mol. The molecule has 1 aliphatic heterocycles. The Labute approximate surface area is 181 Å². The summed E-state index contributed by atoms with van der Waals surface area (Å²) in [6.07, 6.45) is 1.87. The SMILES string of the molecule is COc1ccc2c(ccn2CC(=O)NCc2ccc(S(=O)(=O)N3CCOCC3)cc2)c1. The summed E-state index contributed by atoms with van der Waals surface area (Å²) in [6.45, 7) is 2.06. The van der Waals surface area contributed by atoms with E-state index in [0.717, 1.165) is 22.2 Å². The van der Waals surface area contributed by atoms with Crippen molar-refractivity contribution in [3.8, 4) is 5.75 Å². The fraction of sp³-hybridized carbons (Fsp3) is 0.318. The first-order valence-corrected chi connectivity index (χ1v) is 11.5. The highest BCUT2D eigenvalue weighted by molar-refractivity contribution is 7.89. The zero-order chi connectivity index (χ0) is 21.8. The maximum atomic E-state index is 12.7. The van der Waals surface area contributed by atoms with E-state index in [4.69, 9.17) is 9.47 Å². The van der Waals surface area contributed by atoms with Gasteiger partial charge in [-0.05, 0) is 42.0 Å². The number of nitrogens with one attached hydrogen (secondary N) is 1. The van der Waals surface area contributed by atoms with Gasteiger partial charge < -0.3 is 19.4 Å². The van der Waals surface area contributed by atoms with Crippen molar-refractivity contribution in [2.45, 2.75) is 18.0 Å². The second-order valence-electron chi connectivity index (χ2n) is 7.31. The predicted molar refractivity (Wildman–Crippen MR) is 116 cm³/mol. The van der Waals surface area contributed by atoms with E-state index >= 15 is 0 Å². The minimum atomic E-state index is -3.52.